The van der Waals surface area contributed by atoms with Gasteiger partial charge in [0.2, 0.25) is 0 Å². The van der Waals surface area contributed by atoms with E-state index in [0.29, 0.717) is 18.8 Å². The van der Waals surface area contributed by atoms with Crippen LogP contribution in [0.25, 0.3) is 0 Å². The lowest BCUT2D eigenvalue weighted by Crippen LogP contribution is -2.43. The molecule has 0 saturated carbocycles. The Morgan fingerprint density at radius 3 is 2.58 bits per heavy atom. The number of hydrogen-bond acceptors (Lipinski definition) is 6. The second kappa shape index (κ2) is 14.2. The van der Waals surface area contributed by atoms with Crippen molar-refractivity contribution in [2.24, 2.45) is 17.8 Å². The van der Waals surface area contributed by atoms with Crippen molar-refractivity contribution in [1.29, 1.82) is 0 Å². The smallest absolute Gasteiger partial charge is 0.331 e. The SMILES string of the molecule is C/C=C(\C)CC(C)CC(C)C1OC(=O)CCC1OC(=O)/C=C/C(C)=C/C(CO)CCO. The molecule has 1 aliphatic rings. The lowest BCUT2D eigenvalue weighted by Gasteiger charge is -2.35. The molecule has 0 amide bonds. The third-order valence-corrected chi connectivity index (χ3v) is 5.75. The minimum Gasteiger partial charge on any atom is -0.458 e. The fourth-order valence-corrected chi connectivity index (χ4v) is 4.05. The fraction of sp³-hybridized carbons (Fsp3) is 0.680. The number of aliphatic hydroxyl groups excluding tert-OH is 2. The van der Waals surface area contributed by atoms with Gasteiger partial charge in [-0.25, -0.2) is 4.79 Å². The van der Waals surface area contributed by atoms with E-state index in [0.717, 1.165) is 18.4 Å². The summed E-state index contributed by atoms with van der Waals surface area (Å²) in [6.07, 6.45) is 9.08. The van der Waals surface area contributed by atoms with Crippen molar-refractivity contribution in [2.75, 3.05) is 13.2 Å². The molecule has 1 fully saturated rings. The Balaban J connectivity index is 2.73. The summed E-state index contributed by atoms with van der Waals surface area (Å²) in [5.74, 6) is -0.352. The molecule has 2 N–H and O–H groups in total. The summed E-state index contributed by atoms with van der Waals surface area (Å²) in [4.78, 5) is 24.3. The van der Waals surface area contributed by atoms with Gasteiger partial charge in [0.1, 0.15) is 12.2 Å². The predicted octanol–water partition coefficient (Wildman–Crippen LogP) is 4.12. The molecule has 6 nitrogen and oxygen atoms in total. The first-order valence-electron chi connectivity index (χ1n) is 11.3. The quantitative estimate of drug-likeness (QED) is 0.207. The largest absolute Gasteiger partial charge is 0.458 e. The molecule has 0 spiro atoms. The Morgan fingerprint density at radius 1 is 1.26 bits per heavy atom. The predicted molar refractivity (Wildman–Crippen MR) is 121 cm³/mol. The maximum absolute atomic E-state index is 12.4. The highest BCUT2D eigenvalue weighted by molar-refractivity contribution is 5.82. The summed E-state index contributed by atoms with van der Waals surface area (Å²) >= 11 is 0. The molecule has 1 rings (SSSR count). The third-order valence-electron chi connectivity index (χ3n) is 5.75. The number of cyclic esters (lactones) is 1. The van der Waals surface area contributed by atoms with Crippen LogP contribution in [0.4, 0.5) is 0 Å². The molecule has 0 aromatic rings. The lowest BCUT2D eigenvalue weighted by molar-refractivity contribution is -0.180. The van der Waals surface area contributed by atoms with E-state index in [1.54, 1.807) is 6.08 Å². The standard InChI is InChI=1S/C25H40O6/c1-6-17(2)13-19(4)14-20(5)25-22(8-10-24(29)31-25)30-23(28)9-7-18(3)15-21(16-27)11-12-26/h6-7,9,15,19-22,25-27H,8,10-14,16H2,1-5H3/b9-7+,17-6+,18-15+. The highest BCUT2D eigenvalue weighted by Gasteiger charge is 2.37. The number of carbonyl (C=O) groups excluding carboxylic acids is 2. The molecule has 1 saturated heterocycles. The van der Waals surface area contributed by atoms with Gasteiger partial charge in [-0.3, -0.25) is 4.79 Å². The van der Waals surface area contributed by atoms with E-state index in [1.807, 2.05) is 26.8 Å². The number of hydrogen-bond donors (Lipinski definition) is 2. The molecule has 176 valence electrons. The molecule has 5 unspecified atom stereocenters. The highest BCUT2D eigenvalue weighted by Crippen LogP contribution is 2.30. The summed E-state index contributed by atoms with van der Waals surface area (Å²) < 4.78 is 11.3. The zero-order valence-corrected chi connectivity index (χ0v) is 19.7. The zero-order chi connectivity index (χ0) is 23.4. The monoisotopic (exact) mass is 436 g/mol. The Labute approximate surface area is 187 Å². The molecule has 0 bridgehead atoms. The van der Waals surface area contributed by atoms with Gasteiger partial charge in [-0.1, -0.05) is 43.2 Å². The molecule has 31 heavy (non-hydrogen) atoms. The maximum atomic E-state index is 12.4. The molecule has 0 radical (unpaired) electrons. The van der Waals surface area contributed by atoms with Crippen molar-refractivity contribution in [1.82, 2.24) is 0 Å². The molecular formula is C25H40O6. The first-order chi connectivity index (χ1) is 14.7. The number of rotatable bonds is 12. The van der Waals surface area contributed by atoms with Crippen molar-refractivity contribution in [3.05, 3.63) is 35.5 Å². The summed E-state index contributed by atoms with van der Waals surface area (Å²) in [6, 6.07) is 0. The van der Waals surface area contributed by atoms with Crippen LogP contribution < -0.4 is 0 Å². The number of esters is 2. The third kappa shape index (κ3) is 10.3. The van der Waals surface area contributed by atoms with Crippen LogP contribution in [0.15, 0.2) is 35.5 Å². The second-order valence-corrected chi connectivity index (χ2v) is 8.82. The highest BCUT2D eigenvalue weighted by atomic mass is 16.6. The van der Waals surface area contributed by atoms with Crippen molar-refractivity contribution < 1.29 is 29.3 Å². The molecule has 1 aliphatic heterocycles. The second-order valence-electron chi connectivity index (χ2n) is 8.82. The molecule has 0 aromatic heterocycles. The van der Waals surface area contributed by atoms with Gasteiger partial charge in [0, 0.05) is 31.6 Å². The Kier molecular flexibility index (Phi) is 12.4. The minimum absolute atomic E-state index is 0.00630. The van der Waals surface area contributed by atoms with Crippen LogP contribution in [0.3, 0.4) is 0 Å². The van der Waals surface area contributed by atoms with Crippen molar-refractivity contribution in [2.45, 2.75) is 78.9 Å². The molecule has 0 aliphatic carbocycles. The lowest BCUT2D eigenvalue weighted by atomic mass is 9.85. The molecular weight excluding hydrogens is 396 g/mol. The Hall–Kier alpha value is -1.92. The summed E-state index contributed by atoms with van der Waals surface area (Å²) in [6.45, 7) is 10.1. The first kappa shape index (κ1) is 27.1. The van der Waals surface area contributed by atoms with E-state index in [9.17, 15) is 14.7 Å². The van der Waals surface area contributed by atoms with Gasteiger partial charge in [0.25, 0.3) is 0 Å². The topological polar surface area (TPSA) is 93.1 Å². The first-order valence-corrected chi connectivity index (χ1v) is 11.3. The van der Waals surface area contributed by atoms with Gasteiger partial charge in [-0.05, 0) is 58.3 Å². The van der Waals surface area contributed by atoms with Gasteiger partial charge < -0.3 is 19.7 Å². The van der Waals surface area contributed by atoms with Gasteiger partial charge in [0.15, 0.2) is 0 Å². The van der Waals surface area contributed by atoms with Crippen LogP contribution in [0.5, 0.6) is 0 Å². The number of ether oxygens (including phenoxy) is 2. The summed E-state index contributed by atoms with van der Waals surface area (Å²) in [5.41, 5.74) is 2.14. The maximum Gasteiger partial charge on any atom is 0.331 e. The Morgan fingerprint density at radius 2 is 1.97 bits per heavy atom. The van der Waals surface area contributed by atoms with E-state index in [4.69, 9.17) is 14.6 Å². The Bertz CT molecular complexity index is 663. The van der Waals surface area contributed by atoms with Crippen LogP contribution in [-0.2, 0) is 19.1 Å². The number of aliphatic hydroxyl groups is 2. The normalized spacial score (nSPS) is 23.4. The van der Waals surface area contributed by atoms with E-state index < -0.39 is 18.2 Å². The van der Waals surface area contributed by atoms with E-state index in [1.165, 1.54) is 11.6 Å². The van der Waals surface area contributed by atoms with Crippen molar-refractivity contribution >= 4 is 11.9 Å². The number of allylic oxidation sites excluding steroid dienone is 4. The van der Waals surface area contributed by atoms with Crippen molar-refractivity contribution in [3.63, 3.8) is 0 Å². The zero-order valence-electron chi connectivity index (χ0n) is 19.7. The summed E-state index contributed by atoms with van der Waals surface area (Å²) in [5, 5.41) is 18.3. The average Bonchev–Trinajstić information content (AvgIpc) is 2.72. The van der Waals surface area contributed by atoms with Crippen LogP contribution in [0.1, 0.15) is 66.7 Å². The molecule has 5 atom stereocenters. The minimum atomic E-state index is -0.478. The molecule has 6 heteroatoms. The van der Waals surface area contributed by atoms with Gasteiger partial charge in [-0.2, -0.15) is 0 Å². The fourth-order valence-electron chi connectivity index (χ4n) is 4.05. The van der Waals surface area contributed by atoms with Crippen LogP contribution in [0, 0.1) is 17.8 Å². The van der Waals surface area contributed by atoms with Crippen LogP contribution >= 0.6 is 0 Å². The van der Waals surface area contributed by atoms with Gasteiger partial charge >= 0.3 is 11.9 Å². The van der Waals surface area contributed by atoms with Gasteiger partial charge in [-0.15, -0.1) is 0 Å². The average molecular weight is 437 g/mol. The van der Waals surface area contributed by atoms with E-state index >= 15 is 0 Å². The van der Waals surface area contributed by atoms with Crippen molar-refractivity contribution in [3.8, 4) is 0 Å². The van der Waals surface area contributed by atoms with E-state index in [2.05, 4.69) is 19.9 Å². The summed E-state index contributed by atoms with van der Waals surface area (Å²) in [7, 11) is 0. The molecule has 0 aromatic carbocycles. The molecule has 1 heterocycles. The number of carbonyl (C=O) groups is 2. The van der Waals surface area contributed by atoms with Crippen LogP contribution in [0.2, 0.25) is 0 Å². The van der Waals surface area contributed by atoms with E-state index in [-0.39, 0.29) is 37.4 Å². The van der Waals surface area contributed by atoms with Crippen LogP contribution in [-0.4, -0.2) is 47.6 Å². The van der Waals surface area contributed by atoms with Gasteiger partial charge in [0.05, 0.1) is 0 Å².